The molecule has 0 aromatic heterocycles. The molecule has 19 nitrogen and oxygen atoms in total. The van der Waals surface area contributed by atoms with Crippen LogP contribution >= 0.6 is 67.8 Å². The van der Waals surface area contributed by atoms with Crippen molar-refractivity contribution in [3.8, 4) is 0 Å². The number of benzene rings is 10. The first-order valence-electron chi connectivity index (χ1n) is 36.3. The average molecular weight is 2140 g/mol. The van der Waals surface area contributed by atoms with Gasteiger partial charge < -0.3 is 76.3 Å². The second-order valence-electron chi connectivity index (χ2n) is 24.8. The molecule has 0 fully saturated rings. The Kier molecular flexibility index (Phi) is 55.9. The van der Waals surface area contributed by atoms with E-state index in [0.29, 0.717) is 111 Å². The summed E-state index contributed by atoms with van der Waals surface area (Å²) < 4.78 is 74.9. The van der Waals surface area contributed by atoms with Gasteiger partial charge in [-0.1, -0.05) is 310 Å². The third-order valence-electron chi connectivity index (χ3n) is 17.2. The normalized spacial score (nSPS) is 10.9. The van der Waals surface area contributed by atoms with Crippen LogP contribution in [-0.4, -0.2) is 161 Å². The Morgan fingerprint density at radius 3 is 0.761 bits per heavy atom. The Labute approximate surface area is 829 Å². The van der Waals surface area contributed by atoms with Gasteiger partial charge in [0.2, 0.25) is 0 Å². The van der Waals surface area contributed by atoms with Gasteiger partial charge in [-0.2, -0.15) is 8.42 Å². The van der Waals surface area contributed by atoms with E-state index in [4.69, 9.17) is 69.9 Å². The van der Waals surface area contributed by atoms with Crippen LogP contribution in [0.2, 0.25) is 0 Å². The molecule has 0 saturated carbocycles. The van der Waals surface area contributed by atoms with Crippen LogP contribution in [0.4, 0.5) is 22.7 Å². The van der Waals surface area contributed by atoms with Gasteiger partial charge in [0, 0.05) is 80.8 Å². The molecule has 0 heterocycles. The van der Waals surface area contributed by atoms with Crippen molar-refractivity contribution in [1.29, 1.82) is 0 Å². The van der Waals surface area contributed by atoms with Gasteiger partial charge in [-0.15, -0.1) is 0 Å². The fraction of sp³-hybridized carbons (Fsp3) is 0.307. The second kappa shape index (κ2) is 61.9. The number of nitrogens with zero attached hydrogens (tertiary/aromatic N) is 1. The van der Waals surface area contributed by atoms with E-state index >= 15 is 0 Å². The SMILES string of the molecule is COCCOCCOCCN(CCOCCOCCOC)c1cc(C(c2ccccc2)c2ccccc2)c(N)c(C(c2ccccc2)c2ccccc2)c1.COCCOCCOCCOS(C)(=O)=O.IC(I)I.Nc1cc(C(c2ccccc2)c2ccccc2)c(N)c(C(c2ccccc2)c2ccccc2)c1.O=CO[O-].[Cs+].[Cs+].[H-]. The number of hydrogen-bond donors (Lipinski definition) is 3. The number of ether oxygens (including phenoxy) is 9. The van der Waals surface area contributed by atoms with E-state index in [9.17, 15) is 8.42 Å². The molecule has 0 unspecified atom stereocenters. The molecule has 0 aliphatic heterocycles. The molecule has 0 spiro atoms. The van der Waals surface area contributed by atoms with E-state index in [1.165, 1.54) is 44.5 Å². The molecule has 0 aliphatic carbocycles. The predicted molar refractivity (Wildman–Crippen MR) is 469 cm³/mol. The largest absolute Gasteiger partial charge is 1.00 e. The van der Waals surface area contributed by atoms with Gasteiger partial charge in [-0.25, -0.2) is 0 Å². The summed E-state index contributed by atoms with van der Waals surface area (Å²) in [6, 6.07) is 93.2. The zero-order valence-electron chi connectivity index (χ0n) is 66.4. The van der Waals surface area contributed by atoms with Crippen molar-refractivity contribution in [3.63, 3.8) is 0 Å². The molecule has 113 heavy (non-hydrogen) atoms. The van der Waals surface area contributed by atoms with E-state index in [-0.39, 0.29) is 183 Å². The smallest absolute Gasteiger partial charge is 1.00 e. The summed E-state index contributed by atoms with van der Waals surface area (Å²) in [5.41, 5.74) is 38.0. The monoisotopic (exact) mass is 2140 g/mol. The van der Waals surface area contributed by atoms with Crippen LogP contribution in [0, 0.1) is 0 Å². The number of carbonyl (C=O) groups excluding carboxylic acids is 1. The number of alkyl halides is 3. The summed E-state index contributed by atoms with van der Waals surface area (Å²) in [6.07, 6.45) is 1.00. The van der Waals surface area contributed by atoms with Crippen molar-refractivity contribution in [3.05, 3.63) is 334 Å². The first-order valence-corrected chi connectivity index (χ1v) is 41.9. The molecule has 0 aliphatic rings. The Hall–Kier alpha value is -3.33. The van der Waals surface area contributed by atoms with Crippen LogP contribution in [-0.2, 0) is 66.6 Å². The molecule has 25 heteroatoms. The maximum Gasteiger partial charge on any atom is 1.00 e. The number of anilines is 4. The predicted octanol–water partition coefficient (Wildman–Crippen LogP) is 9.78. The minimum Gasteiger partial charge on any atom is -1.00 e. The Morgan fingerprint density at radius 1 is 0.363 bits per heavy atom. The van der Waals surface area contributed by atoms with E-state index < -0.39 is 10.1 Å². The number of halogens is 3. The summed E-state index contributed by atoms with van der Waals surface area (Å²) >= 11 is 6.95. The fourth-order valence-corrected chi connectivity index (χ4v) is 12.6. The van der Waals surface area contributed by atoms with Crippen LogP contribution in [0.5, 0.6) is 0 Å². The van der Waals surface area contributed by atoms with Crippen molar-refractivity contribution in [2.45, 2.75) is 23.6 Å². The van der Waals surface area contributed by atoms with Gasteiger partial charge in [-0.3, -0.25) is 8.98 Å². The summed E-state index contributed by atoms with van der Waals surface area (Å²) in [4.78, 5) is 13.6. The zero-order chi connectivity index (χ0) is 79.5. The standard InChI is InChI=1S/C46H56N2O6.C32H28N2.C8H18O6S.CHI3.CH2O3.2Cs.H/c1-49-27-29-53-33-31-51-25-23-48(24-26-52-32-34-54-30-28-50-2)41-35-42(44(37-15-7-3-8-16-37)38-17-9-4-10-18-38)46(47)43(36-41)45(39-19-11-5-12-20-39)40-21-13-6-14-22-40;33-27-21-28(30(23-13-5-1-6-14-23)24-15-7-2-8-16-24)32(34)29(22-27)31(25-17-9-3-10-18-25)26-19-11-4-12-20-26;1-11-3-4-12-5-6-13-7-8-14-15(2,9)10;2-1(3)4;2-1-4-3;;;/h3-22,35-36,44-45H,23-34,47H2,1-2H3;1-22,30-31H,33-34H2;3-8H2,1-2H3;1H;1,3H;;;/q;;;;;2*+1;-1/p-1. The van der Waals surface area contributed by atoms with E-state index in [0.717, 1.165) is 45.5 Å². The zero-order valence-corrected chi connectivity index (χ0v) is 85.3. The van der Waals surface area contributed by atoms with Crippen molar-refractivity contribution in [2.75, 3.05) is 168 Å². The molecule has 10 aromatic rings. The van der Waals surface area contributed by atoms with Gasteiger partial charge in [0.25, 0.3) is 16.6 Å². The van der Waals surface area contributed by atoms with Crippen molar-refractivity contribution in [2.24, 2.45) is 0 Å². The molecule has 0 atom stereocenters. The first-order chi connectivity index (χ1) is 54.1. The average Bonchev–Trinajstić information content (AvgIpc) is 0.759. The number of nitrogens with two attached hydrogens (primary N) is 3. The van der Waals surface area contributed by atoms with Crippen molar-refractivity contribution in [1.82, 2.24) is 0 Å². The molecule has 0 bridgehead atoms. The van der Waals surface area contributed by atoms with Gasteiger partial charge in [-0.05, 0) is 91.0 Å². The number of nitrogen functional groups attached to an aromatic ring is 3. The quantitative estimate of drug-likeness (QED) is 0.00370. The van der Waals surface area contributed by atoms with Crippen LogP contribution in [0.25, 0.3) is 0 Å². The summed E-state index contributed by atoms with van der Waals surface area (Å²) in [6.45, 7) is 8.62. The number of carbonyl (C=O) groups is 1. The molecule has 0 amide bonds. The minimum atomic E-state index is -3.36. The Bertz CT molecular complexity index is 3820. The van der Waals surface area contributed by atoms with Gasteiger partial charge in [0.1, 0.15) is -0.0619 Å². The van der Waals surface area contributed by atoms with Crippen LogP contribution < -0.4 is 165 Å². The molecular weight excluding hydrogens is 2030 g/mol. The number of hydrogen-bond acceptors (Lipinski definition) is 19. The third-order valence-corrected chi connectivity index (χ3v) is 17.7. The molecule has 0 saturated heterocycles. The van der Waals surface area contributed by atoms with Gasteiger partial charge in [0.15, 0.2) is 0 Å². The fourth-order valence-electron chi connectivity index (χ4n) is 12.3. The van der Waals surface area contributed by atoms with Crippen molar-refractivity contribution < 1.29 is 209 Å². The third kappa shape index (κ3) is 39.2. The summed E-state index contributed by atoms with van der Waals surface area (Å²) in [5.74, 6) is -0.226. The molecule has 596 valence electrons. The molecular formula is C88H105Cs2I3N4O15S. The van der Waals surface area contributed by atoms with Gasteiger partial charge in [0.05, 0.1) is 112 Å². The van der Waals surface area contributed by atoms with E-state index in [2.05, 4.69) is 312 Å². The number of rotatable bonds is 42. The minimum absolute atomic E-state index is 0. The van der Waals surface area contributed by atoms with E-state index in [1.807, 2.05) is 36.4 Å². The first kappa shape index (κ1) is 102. The summed E-state index contributed by atoms with van der Waals surface area (Å²) in [5, 5.41) is 8.43. The summed E-state index contributed by atoms with van der Waals surface area (Å²) in [7, 11) is 1.59. The maximum absolute atomic E-state index is 10.5. The van der Waals surface area contributed by atoms with Crippen molar-refractivity contribution >= 4 is 107 Å². The second-order valence-corrected chi connectivity index (χ2v) is 37.3. The van der Waals surface area contributed by atoms with Crippen LogP contribution in [0.15, 0.2) is 267 Å². The molecule has 0 radical (unpaired) electrons. The maximum atomic E-state index is 10.5. The molecule has 6 N–H and O–H groups in total. The topological polar surface area (TPSA) is 257 Å². The Morgan fingerprint density at radius 2 is 0.558 bits per heavy atom. The number of methoxy groups -OCH3 is 3. The molecule has 10 rings (SSSR count). The Balaban J connectivity index is 0.000000475. The van der Waals surface area contributed by atoms with Crippen LogP contribution in [0.1, 0.15) is 91.9 Å². The molecule has 10 aromatic carbocycles. The van der Waals surface area contributed by atoms with E-state index in [1.54, 1.807) is 21.3 Å². The van der Waals surface area contributed by atoms with Crippen LogP contribution in [0.3, 0.4) is 0 Å². The van der Waals surface area contributed by atoms with Gasteiger partial charge >= 0.3 is 138 Å².